The third-order valence-corrected chi connectivity index (χ3v) is 10.7. The number of nitrogens with one attached hydrogen (secondary N) is 2. The molecule has 2 bridgehead atoms. The molecule has 4 heterocycles. The predicted molar refractivity (Wildman–Crippen MR) is 173 cm³/mol. The Hall–Kier alpha value is -4.32. The van der Waals surface area contributed by atoms with E-state index in [1.807, 2.05) is 56.1 Å². The largest absolute Gasteiger partial charge is 0.507 e. The van der Waals surface area contributed by atoms with Crippen LogP contribution in [0.1, 0.15) is 63.5 Å². The number of rotatable bonds is 6. The molecule has 1 saturated heterocycles. The number of carbonyl (C=O) groups is 2. The van der Waals surface area contributed by atoms with Crippen molar-refractivity contribution in [2.24, 2.45) is 0 Å². The molecule has 1 unspecified atom stereocenters. The van der Waals surface area contributed by atoms with E-state index in [1.165, 1.54) is 0 Å². The lowest BCUT2D eigenvalue weighted by atomic mass is 9.73. The van der Waals surface area contributed by atoms with Gasteiger partial charge in [-0.1, -0.05) is 36.4 Å². The molecule has 0 spiro atoms. The number of aliphatic hydroxyl groups is 1. The van der Waals surface area contributed by atoms with Crippen molar-refractivity contribution in [3.05, 3.63) is 80.9 Å². The number of phenolic OH excluding ortho intramolecular Hbond substituents is 2. The molecule has 4 aliphatic rings. The number of ether oxygens (including phenoxy) is 2. The first-order valence-electron chi connectivity index (χ1n) is 16.2. The van der Waals surface area contributed by atoms with Gasteiger partial charge in [-0.2, -0.15) is 0 Å². The number of piperazine rings is 1. The third kappa shape index (κ3) is 4.99. The van der Waals surface area contributed by atoms with Gasteiger partial charge in [-0.3, -0.25) is 19.4 Å². The summed E-state index contributed by atoms with van der Waals surface area (Å²) in [7, 11) is 1.98. The number of amides is 2. The first kappa shape index (κ1) is 31.3. The van der Waals surface area contributed by atoms with Crippen molar-refractivity contribution in [3.63, 3.8) is 0 Å². The Morgan fingerprint density at radius 3 is 2.45 bits per heavy atom. The average molecular weight is 643 g/mol. The Kier molecular flexibility index (Phi) is 7.81. The number of aromatic hydroxyl groups is 2. The van der Waals surface area contributed by atoms with Crippen molar-refractivity contribution in [2.75, 3.05) is 20.4 Å². The summed E-state index contributed by atoms with van der Waals surface area (Å²) in [5.74, 6) is 0.670. The van der Waals surface area contributed by atoms with Crippen molar-refractivity contribution in [1.82, 2.24) is 20.4 Å². The summed E-state index contributed by atoms with van der Waals surface area (Å²) in [6.07, 6.45) is 0.133. The number of hydrogen-bond donors (Lipinski definition) is 5. The minimum atomic E-state index is -0.933. The zero-order chi connectivity index (χ0) is 33.3. The number of phenols is 2. The summed E-state index contributed by atoms with van der Waals surface area (Å²) in [5, 5.41) is 41.0. The van der Waals surface area contributed by atoms with Gasteiger partial charge in [0.1, 0.15) is 23.8 Å². The number of nitrogens with zero attached hydrogens (tertiary/aromatic N) is 2. The Labute approximate surface area is 274 Å². The second-order valence-electron chi connectivity index (χ2n) is 13.4. The molecule has 5 N–H and O–H groups in total. The molecule has 2 amide bonds. The highest BCUT2D eigenvalue weighted by Crippen LogP contribution is 2.57. The van der Waals surface area contributed by atoms with Gasteiger partial charge in [-0.25, -0.2) is 0 Å². The lowest BCUT2D eigenvalue weighted by molar-refractivity contribution is -0.172. The molecule has 3 aromatic rings. The van der Waals surface area contributed by atoms with Crippen LogP contribution in [0.15, 0.2) is 36.4 Å². The van der Waals surface area contributed by atoms with E-state index >= 15 is 0 Å². The van der Waals surface area contributed by atoms with Gasteiger partial charge in [0, 0.05) is 34.8 Å². The van der Waals surface area contributed by atoms with Crippen molar-refractivity contribution in [1.29, 1.82) is 0 Å². The number of aliphatic hydroxyl groups excluding tert-OH is 1. The fraction of sp³-hybridized carbons (Fsp3) is 0.444. The van der Waals surface area contributed by atoms with E-state index in [0.29, 0.717) is 41.0 Å². The monoisotopic (exact) mass is 642 g/mol. The molecular weight excluding hydrogens is 600 g/mol. The van der Waals surface area contributed by atoms with Gasteiger partial charge >= 0.3 is 0 Å². The van der Waals surface area contributed by atoms with Gasteiger partial charge in [0.2, 0.25) is 18.6 Å². The Morgan fingerprint density at radius 2 is 1.70 bits per heavy atom. The molecule has 7 rings (SSSR count). The highest BCUT2D eigenvalue weighted by Gasteiger charge is 2.56. The molecule has 248 valence electrons. The van der Waals surface area contributed by atoms with Crippen LogP contribution in [0.4, 0.5) is 0 Å². The minimum absolute atomic E-state index is 0.00449. The van der Waals surface area contributed by atoms with Gasteiger partial charge in [0.15, 0.2) is 11.5 Å². The Balaban J connectivity index is 1.24. The number of benzene rings is 3. The van der Waals surface area contributed by atoms with Crippen LogP contribution in [-0.2, 0) is 28.9 Å². The van der Waals surface area contributed by atoms with Crippen molar-refractivity contribution in [2.45, 2.75) is 83.4 Å². The molecule has 1 fully saturated rings. The quantitative estimate of drug-likeness (QED) is 0.274. The maximum Gasteiger partial charge on any atom is 0.242 e. The Morgan fingerprint density at radius 1 is 0.979 bits per heavy atom. The fourth-order valence-electron chi connectivity index (χ4n) is 8.21. The summed E-state index contributed by atoms with van der Waals surface area (Å²) in [5.41, 5.74) is 6.43. The SMILES string of the molecule is Cc1cc2c(c(O)c1C)[C@@H]1C3Cc4c(O)c(C)c5c(c4[C@H](CNC(=O)[C@H](C)NC(=O)Cc4ccccc4)N3[C@@H](O)[C@H](C2)N1C)OCO5. The summed E-state index contributed by atoms with van der Waals surface area (Å²) in [6.45, 7) is 7.39. The highest BCUT2D eigenvalue weighted by atomic mass is 16.7. The predicted octanol–water partition coefficient (Wildman–Crippen LogP) is 2.81. The molecule has 47 heavy (non-hydrogen) atoms. The van der Waals surface area contributed by atoms with Gasteiger partial charge in [-0.05, 0) is 69.8 Å². The lowest BCUT2D eigenvalue weighted by Crippen LogP contribution is -2.69. The van der Waals surface area contributed by atoms with Crippen LogP contribution in [0, 0.1) is 20.8 Å². The molecule has 0 radical (unpaired) electrons. The van der Waals surface area contributed by atoms with Crippen molar-refractivity contribution < 1.29 is 34.4 Å². The molecule has 0 aromatic heterocycles. The molecule has 6 atom stereocenters. The fourth-order valence-corrected chi connectivity index (χ4v) is 8.21. The van der Waals surface area contributed by atoms with Gasteiger partial charge in [-0.15, -0.1) is 0 Å². The van der Waals surface area contributed by atoms with E-state index in [0.717, 1.165) is 27.8 Å². The summed E-state index contributed by atoms with van der Waals surface area (Å²) in [6, 6.07) is 9.09. The van der Waals surface area contributed by atoms with Gasteiger partial charge < -0.3 is 35.4 Å². The molecule has 0 saturated carbocycles. The topological polar surface area (TPSA) is 144 Å². The second-order valence-corrected chi connectivity index (χ2v) is 13.4. The second kappa shape index (κ2) is 11.7. The number of hydrogen-bond acceptors (Lipinski definition) is 9. The first-order chi connectivity index (χ1) is 22.5. The van der Waals surface area contributed by atoms with E-state index in [4.69, 9.17) is 9.47 Å². The minimum Gasteiger partial charge on any atom is -0.507 e. The Bertz CT molecular complexity index is 1760. The maximum absolute atomic E-state index is 13.5. The standard InChI is InChI=1S/C36H42N4O7/c1-17-11-22-13-25-36(45)40-24(30(39(25)5)28(22)32(43)18(17)2)14-23-29(34-33(46-16-47-34)19(3)31(23)42)26(40)15-37-35(44)20(4)38-27(41)12-21-9-7-6-8-10-21/h6-11,20,24-26,30,36,42-43,45H,12-16H2,1-5H3,(H,37,44)(H,38,41)/t20-,24?,25-,26-,30-,36-/m0/s1. The number of likely N-dealkylation sites (N-methyl/N-ethyl adjacent to an activating group) is 1. The van der Waals surface area contributed by atoms with Crippen LogP contribution in [0.5, 0.6) is 23.0 Å². The number of fused-ring (bicyclic) bond motifs is 9. The third-order valence-electron chi connectivity index (χ3n) is 10.7. The van der Waals surface area contributed by atoms with Crippen LogP contribution in [-0.4, -0.2) is 81.7 Å². The normalized spacial score (nSPS) is 24.9. The van der Waals surface area contributed by atoms with Crippen LogP contribution in [0.3, 0.4) is 0 Å². The number of aryl methyl sites for hydroxylation is 1. The highest BCUT2D eigenvalue weighted by molar-refractivity contribution is 5.88. The van der Waals surface area contributed by atoms with Crippen LogP contribution in [0.2, 0.25) is 0 Å². The van der Waals surface area contributed by atoms with E-state index < -0.39 is 18.3 Å². The van der Waals surface area contributed by atoms with Gasteiger partial charge in [0.25, 0.3) is 0 Å². The summed E-state index contributed by atoms with van der Waals surface area (Å²) < 4.78 is 11.8. The molecular formula is C36H42N4O7. The van der Waals surface area contributed by atoms with Crippen LogP contribution < -0.4 is 20.1 Å². The summed E-state index contributed by atoms with van der Waals surface area (Å²) in [4.78, 5) is 30.3. The zero-order valence-electron chi connectivity index (χ0n) is 27.3. The maximum atomic E-state index is 13.5. The van der Waals surface area contributed by atoms with Crippen LogP contribution >= 0.6 is 0 Å². The van der Waals surface area contributed by atoms with Crippen molar-refractivity contribution >= 4 is 11.8 Å². The molecule has 4 aliphatic heterocycles. The molecule has 11 heteroatoms. The first-order valence-corrected chi connectivity index (χ1v) is 16.2. The van der Waals surface area contributed by atoms with Gasteiger partial charge in [0.05, 0.1) is 24.5 Å². The van der Waals surface area contributed by atoms with E-state index in [2.05, 4.69) is 21.6 Å². The zero-order valence-corrected chi connectivity index (χ0v) is 27.3. The molecule has 11 nitrogen and oxygen atoms in total. The van der Waals surface area contributed by atoms with Crippen LogP contribution in [0.25, 0.3) is 0 Å². The van der Waals surface area contributed by atoms with E-state index in [-0.39, 0.29) is 61.2 Å². The average Bonchev–Trinajstić information content (AvgIpc) is 3.54. The summed E-state index contributed by atoms with van der Waals surface area (Å²) >= 11 is 0. The molecule has 3 aromatic carbocycles. The molecule has 0 aliphatic carbocycles. The van der Waals surface area contributed by atoms with Crippen molar-refractivity contribution in [3.8, 4) is 23.0 Å². The number of carbonyl (C=O) groups excluding carboxylic acids is 2. The van der Waals surface area contributed by atoms with E-state index in [9.17, 15) is 24.9 Å². The lowest BCUT2D eigenvalue weighted by Gasteiger charge is -2.60. The smallest absolute Gasteiger partial charge is 0.242 e. The van der Waals surface area contributed by atoms with E-state index in [1.54, 1.807) is 13.8 Å².